The third-order valence-corrected chi connectivity index (χ3v) is 6.63. The third kappa shape index (κ3) is 3.73. The number of benzene rings is 1. The van der Waals surface area contributed by atoms with Gasteiger partial charge in [0.15, 0.2) is 5.78 Å². The zero-order chi connectivity index (χ0) is 19.5. The number of ketones is 1. The number of carbonyl (C=O) groups is 2. The maximum atomic E-state index is 13.2. The quantitative estimate of drug-likeness (QED) is 0.407. The number of carbonyl (C=O) groups excluding carboxylic acids is 2. The molecule has 0 radical (unpaired) electrons. The maximum Gasteiger partial charge on any atom is 0.319 e. The lowest BCUT2D eigenvalue weighted by Gasteiger charge is -2.39. The van der Waals surface area contributed by atoms with Crippen LogP contribution >= 0.6 is 0 Å². The Morgan fingerprint density at radius 3 is 2.63 bits per heavy atom. The van der Waals surface area contributed by atoms with Crippen molar-refractivity contribution in [2.75, 3.05) is 13.2 Å². The molecular formula is C23H30O4. The fraction of sp³-hybridized carbons (Fsp3) is 0.565. The highest BCUT2D eigenvalue weighted by Crippen LogP contribution is 2.60. The van der Waals surface area contributed by atoms with E-state index in [2.05, 4.69) is 26.0 Å². The molecule has 4 heteroatoms. The molecule has 0 bridgehead atoms. The van der Waals surface area contributed by atoms with Crippen LogP contribution in [0.25, 0.3) is 0 Å². The van der Waals surface area contributed by atoms with E-state index in [1.165, 1.54) is 0 Å². The Balaban J connectivity index is 1.76. The molecule has 3 rings (SSSR count). The van der Waals surface area contributed by atoms with Gasteiger partial charge in [0, 0.05) is 0 Å². The van der Waals surface area contributed by atoms with Crippen molar-refractivity contribution in [2.24, 2.45) is 22.7 Å². The summed E-state index contributed by atoms with van der Waals surface area (Å²) in [5.74, 6) is 0.133. The lowest BCUT2D eigenvalue weighted by Crippen LogP contribution is -2.42. The first-order valence-corrected chi connectivity index (χ1v) is 9.91. The lowest BCUT2D eigenvalue weighted by atomic mass is 9.65. The first kappa shape index (κ1) is 19.8. The Morgan fingerprint density at radius 1 is 1.22 bits per heavy atom. The van der Waals surface area contributed by atoms with Crippen LogP contribution in [0.1, 0.15) is 45.6 Å². The van der Waals surface area contributed by atoms with Crippen molar-refractivity contribution in [3.63, 3.8) is 0 Å². The summed E-state index contributed by atoms with van der Waals surface area (Å²) in [6.45, 7) is 6.80. The van der Waals surface area contributed by atoms with Crippen LogP contribution in [0.3, 0.4) is 0 Å². The molecule has 146 valence electrons. The van der Waals surface area contributed by atoms with Crippen molar-refractivity contribution in [1.29, 1.82) is 0 Å². The van der Waals surface area contributed by atoms with Gasteiger partial charge in [-0.05, 0) is 49.0 Å². The fourth-order valence-electron chi connectivity index (χ4n) is 4.73. The summed E-state index contributed by atoms with van der Waals surface area (Å²) in [6, 6.07) is 9.75. The van der Waals surface area contributed by atoms with E-state index in [4.69, 9.17) is 9.47 Å². The van der Waals surface area contributed by atoms with Crippen molar-refractivity contribution < 1.29 is 19.1 Å². The minimum absolute atomic E-state index is 0.0589. The predicted octanol–water partition coefficient (Wildman–Crippen LogP) is 4.33. The topological polar surface area (TPSA) is 52.6 Å². The van der Waals surface area contributed by atoms with Gasteiger partial charge in [0.1, 0.15) is 12.0 Å². The molecule has 0 amide bonds. The average molecular weight is 370 g/mol. The number of Topliss-reactive ketones (excluding diaryl/α,β-unsaturated/α-hetero) is 1. The third-order valence-electron chi connectivity index (χ3n) is 6.63. The van der Waals surface area contributed by atoms with E-state index in [1.54, 1.807) is 6.92 Å². The molecule has 0 aliphatic heterocycles. The molecule has 4 nitrogen and oxygen atoms in total. The molecule has 2 aliphatic carbocycles. The maximum absolute atomic E-state index is 13.2. The number of allylic oxidation sites excluding steroid dienone is 2. The Morgan fingerprint density at radius 2 is 1.96 bits per heavy atom. The van der Waals surface area contributed by atoms with E-state index < -0.39 is 5.41 Å². The minimum Gasteiger partial charge on any atom is -0.465 e. The second-order valence-corrected chi connectivity index (χ2v) is 8.26. The molecule has 1 saturated carbocycles. The van der Waals surface area contributed by atoms with Gasteiger partial charge in [0.05, 0.1) is 13.2 Å². The highest BCUT2D eigenvalue weighted by Gasteiger charge is 2.61. The molecule has 4 atom stereocenters. The van der Waals surface area contributed by atoms with Crippen molar-refractivity contribution in [2.45, 2.75) is 46.6 Å². The van der Waals surface area contributed by atoms with Gasteiger partial charge in [-0.15, -0.1) is 0 Å². The molecule has 0 saturated heterocycles. The van der Waals surface area contributed by atoms with Crippen LogP contribution in [0.4, 0.5) is 0 Å². The summed E-state index contributed by atoms with van der Waals surface area (Å²) in [7, 11) is 0. The summed E-state index contributed by atoms with van der Waals surface area (Å²) in [5.41, 5.74) is -0.134. The molecule has 0 N–H and O–H groups in total. The van der Waals surface area contributed by atoms with E-state index >= 15 is 0 Å². The average Bonchev–Trinajstić information content (AvgIpc) is 2.99. The molecule has 1 aromatic carbocycles. The first-order chi connectivity index (χ1) is 12.9. The van der Waals surface area contributed by atoms with Crippen molar-refractivity contribution in [3.05, 3.63) is 48.0 Å². The first-order valence-electron chi connectivity index (χ1n) is 9.91. The van der Waals surface area contributed by atoms with E-state index in [0.29, 0.717) is 25.4 Å². The van der Waals surface area contributed by atoms with Crippen molar-refractivity contribution in [3.8, 4) is 0 Å². The van der Waals surface area contributed by atoms with Crippen LogP contribution in [0.5, 0.6) is 0 Å². The molecule has 2 unspecified atom stereocenters. The molecule has 1 fully saturated rings. The van der Waals surface area contributed by atoms with Crippen LogP contribution in [0.2, 0.25) is 0 Å². The molecule has 27 heavy (non-hydrogen) atoms. The lowest BCUT2D eigenvalue weighted by molar-refractivity contribution is -0.162. The van der Waals surface area contributed by atoms with Gasteiger partial charge >= 0.3 is 5.97 Å². The zero-order valence-corrected chi connectivity index (χ0v) is 16.6. The molecule has 0 spiro atoms. The predicted molar refractivity (Wildman–Crippen MR) is 104 cm³/mol. The summed E-state index contributed by atoms with van der Waals surface area (Å²) in [4.78, 5) is 26.1. The monoisotopic (exact) mass is 370 g/mol. The summed E-state index contributed by atoms with van der Waals surface area (Å²) in [6.07, 6.45) is 6.44. The van der Waals surface area contributed by atoms with Crippen LogP contribution < -0.4 is 0 Å². The number of rotatable bonds is 7. The van der Waals surface area contributed by atoms with Crippen LogP contribution in [-0.2, 0) is 25.7 Å². The van der Waals surface area contributed by atoms with E-state index in [0.717, 1.165) is 12.0 Å². The second-order valence-electron chi connectivity index (χ2n) is 8.26. The second kappa shape index (κ2) is 7.97. The van der Waals surface area contributed by atoms with E-state index in [1.807, 2.05) is 30.3 Å². The highest BCUT2D eigenvalue weighted by atomic mass is 16.5. The molecular weight excluding hydrogens is 340 g/mol. The summed E-state index contributed by atoms with van der Waals surface area (Å²) >= 11 is 0. The standard InChI is InChI=1S/C23H30O4/c1-4-27-21(25)23(13-19-12-8-9-17(2)22(19,3)16-23)20(24)15-26-14-18-10-6-5-7-11-18/h5-8,10-12,17,19H,4,9,13-16H2,1-3H3/t17-,19?,22+,23?/m0/s1. The largest absolute Gasteiger partial charge is 0.465 e. The molecule has 0 heterocycles. The Labute approximate surface area is 161 Å². The normalized spacial score (nSPS) is 32.1. The van der Waals surface area contributed by atoms with Gasteiger partial charge in [-0.25, -0.2) is 0 Å². The molecule has 1 aromatic rings. The fourth-order valence-corrected chi connectivity index (χ4v) is 4.73. The number of esters is 1. The highest BCUT2D eigenvalue weighted by molar-refractivity contribution is 6.05. The number of fused-ring (bicyclic) bond motifs is 1. The molecule has 2 aliphatic rings. The smallest absolute Gasteiger partial charge is 0.319 e. The number of hydrogen-bond acceptors (Lipinski definition) is 4. The van der Waals surface area contributed by atoms with Gasteiger partial charge in [0.2, 0.25) is 0 Å². The van der Waals surface area contributed by atoms with E-state index in [-0.39, 0.29) is 36.3 Å². The molecule has 0 aromatic heterocycles. The SMILES string of the molecule is CCOC(=O)C1(C(=O)COCc2ccccc2)CC2C=CC[C@H](C)[C@@]2(C)C1. The van der Waals surface area contributed by atoms with Crippen molar-refractivity contribution in [1.82, 2.24) is 0 Å². The van der Waals surface area contributed by atoms with Crippen LogP contribution in [0.15, 0.2) is 42.5 Å². The van der Waals surface area contributed by atoms with Gasteiger partial charge in [-0.3, -0.25) is 9.59 Å². The van der Waals surface area contributed by atoms with Gasteiger partial charge in [-0.2, -0.15) is 0 Å². The van der Waals surface area contributed by atoms with Crippen LogP contribution in [0, 0.1) is 22.7 Å². The van der Waals surface area contributed by atoms with E-state index in [9.17, 15) is 9.59 Å². The number of hydrogen-bond donors (Lipinski definition) is 0. The number of ether oxygens (including phenoxy) is 2. The Hall–Kier alpha value is -1.94. The van der Waals surface area contributed by atoms with Gasteiger partial charge in [-0.1, -0.05) is 56.3 Å². The van der Waals surface area contributed by atoms with Crippen LogP contribution in [-0.4, -0.2) is 25.0 Å². The van der Waals surface area contributed by atoms with Gasteiger partial charge in [0.25, 0.3) is 0 Å². The minimum atomic E-state index is -1.09. The summed E-state index contributed by atoms with van der Waals surface area (Å²) < 4.78 is 11.0. The van der Waals surface area contributed by atoms with Gasteiger partial charge < -0.3 is 9.47 Å². The Kier molecular flexibility index (Phi) is 5.85. The Bertz CT molecular complexity index is 710. The van der Waals surface area contributed by atoms with Crippen molar-refractivity contribution >= 4 is 11.8 Å². The zero-order valence-electron chi connectivity index (χ0n) is 16.6. The summed E-state index contributed by atoms with van der Waals surface area (Å²) in [5, 5.41) is 0.